The van der Waals surface area contributed by atoms with Crippen LogP contribution in [0, 0.1) is 0 Å². The number of rotatable bonds is 6. The molecule has 1 atom stereocenters. The first kappa shape index (κ1) is 19.3. The maximum absolute atomic E-state index is 12.6. The lowest BCUT2D eigenvalue weighted by Gasteiger charge is -2.32. The molecule has 1 amide bonds. The first-order chi connectivity index (χ1) is 11.8. The highest BCUT2D eigenvalue weighted by Crippen LogP contribution is 2.25. The molecule has 1 fully saturated rings. The molecule has 0 N–H and O–H groups in total. The molecular formula is C17H24N2O5S. The van der Waals surface area contributed by atoms with Gasteiger partial charge < -0.3 is 9.47 Å². The van der Waals surface area contributed by atoms with Crippen molar-refractivity contribution in [2.45, 2.75) is 12.5 Å². The summed E-state index contributed by atoms with van der Waals surface area (Å²) in [5, 5.41) is 3.11. The van der Waals surface area contributed by atoms with E-state index in [2.05, 4.69) is 0 Å². The summed E-state index contributed by atoms with van der Waals surface area (Å²) in [5.74, 6) is 1.09. The first-order valence-corrected chi connectivity index (χ1v) is 9.70. The minimum atomic E-state index is -3.08. The number of amides is 1. The summed E-state index contributed by atoms with van der Waals surface area (Å²) in [4.78, 5) is 12.6. The number of nitrogens with zero attached hydrogens (tertiary/aromatic N) is 2. The lowest BCUT2D eigenvalue weighted by atomic mass is 10.1. The van der Waals surface area contributed by atoms with Crippen molar-refractivity contribution in [1.82, 2.24) is 10.0 Å². The van der Waals surface area contributed by atoms with Gasteiger partial charge in [-0.25, -0.2) is 13.4 Å². The Morgan fingerprint density at radius 1 is 1.24 bits per heavy atom. The van der Waals surface area contributed by atoms with E-state index in [1.54, 1.807) is 57.6 Å². The molecule has 0 radical (unpaired) electrons. The van der Waals surface area contributed by atoms with E-state index >= 15 is 0 Å². The van der Waals surface area contributed by atoms with Crippen molar-refractivity contribution in [3.8, 4) is 11.5 Å². The van der Waals surface area contributed by atoms with Gasteiger partial charge in [0.1, 0.15) is 11.5 Å². The van der Waals surface area contributed by atoms with Gasteiger partial charge in [0.05, 0.1) is 31.8 Å². The molecule has 7 nitrogen and oxygen atoms in total. The molecule has 25 heavy (non-hydrogen) atoms. The van der Waals surface area contributed by atoms with Gasteiger partial charge in [-0.2, -0.15) is 0 Å². The molecule has 0 saturated carbocycles. The number of sulfone groups is 1. The van der Waals surface area contributed by atoms with Crippen LogP contribution >= 0.6 is 0 Å². The van der Waals surface area contributed by atoms with Crippen molar-refractivity contribution < 1.29 is 22.7 Å². The molecule has 0 aromatic heterocycles. The number of ether oxygens (including phenoxy) is 2. The Morgan fingerprint density at radius 2 is 1.96 bits per heavy atom. The predicted octanol–water partition coefficient (Wildman–Crippen LogP) is 1.21. The molecule has 1 aliphatic heterocycles. The Hall–Kier alpha value is -2.06. The van der Waals surface area contributed by atoms with E-state index in [1.807, 2.05) is 0 Å². The molecule has 1 aromatic carbocycles. The maximum Gasteiger partial charge on any atom is 0.261 e. The Balaban J connectivity index is 2.22. The van der Waals surface area contributed by atoms with Gasteiger partial charge in [-0.1, -0.05) is 0 Å². The summed E-state index contributed by atoms with van der Waals surface area (Å²) in [6.45, 7) is 0. The summed E-state index contributed by atoms with van der Waals surface area (Å²) >= 11 is 0. The molecular weight excluding hydrogens is 344 g/mol. The van der Waals surface area contributed by atoms with Crippen LogP contribution in [0.5, 0.6) is 11.5 Å². The quantitative estimate of drug-likeness (QED) is 0.555. The van der Waals surface area contributed by atoms with Crippen molar-refractivity contribution in [2.75, 3.05) is 39.8 Å². The van der Waals surface area contributed by atoms with Crippen LogP contribution < -0.4 is 9.47 Å². The number of methoxy groups -OCH3 is 2. The molecule has 0 unspecified atom stereocenters. The van der Waals surface area contributed by atoms with Gasteiger partial charge in [0.15, 0.2) is 9.84 Å². The zero-order valence-corrected chi connectivity index (χ0v) is 15.7. The molecule has 8 heteroatoms. The largest absolute Gasteiger partial charge is 0.497 e. The SMILES string of the molecule is COc1ccc(OC)c(/C=C/C(=O)N([C@@H]2CCS(=O)(=O)C2)N(C)C)c1. The van der Waals surface area contributed by atoms with Crippen LogP contribution in [-0.2, 0) is 14.6 Å². The van der Waals surface area contributed by atoms with Gasteiger partial charge >= 0.3 is 0 Å². The van der Waals surface area contributed by atoms with E-state index in [-0.39, 0.29) is 23.5 Å². The van der Waals surface area contributed by atoms with Crippen LogP contribution in [0.25, 0.3) is 6.08 Å². The monoisotopic (exact) mass is 368 g/mol. The molecule has 1 aromatic rings. The second-order valence-electron chi connectivity index (χ2n) is 6.03. The maximum atomic E-state index is 12.6. The fraction of sp³-hybridized carbons (Fsp3) is 0.471. The Bertz CT molecular complexity index is 758. The fourth-order valence-electron chi connectivity index (χ4n) is 2.88. The number of carbonyl (C=O) groups excluding carboxylic acids is 1. The minimum Gasteiger partial charge on any atom is -0.497 e. The summed E-state index contributed by atoms with van der Waals surface area (Å²) in [6, 6.07) is 4.95. The predicted molar refractivity (Wildman–Crippen MR) is 96.2 cm³/mol. The van der Waals surface area contributed by atoms with Gasteiger partial charge in [-0.3, -0.25) is 9.80 Å². The van der Waals surface area contributed by atoms with Crippen LogP contribution in [0.2, 0.25) is 0 Å². The summed E-state index contributed by atoms with van der Waals surface area (Å²) in [7, 11) is 3.49. The van der Waals surface area contributed by atoms with Crippen molar-refractivity contribution in [1.29, 1.82) is 0 Å². The van der Waals surface area contributed by atoms with Gasteiger partial charge in [-0.15, -0.1) is 0 Å². The van der Waals surface area contributed by atoms with E-state index in [1.165, 1.54) is 11.1 Å². The Labute approximate surface area is 148 Å². The van der Waals surface area contributed by atoms with E-state index in [4.69, 9.17) is 9.47 Å². The lowest BCUT2D eigenvalue weighted by Crippen LogP contribution is -2.48. The molecule has 0 bridgehead atoms. The summed E-state index contributed by atoms with van der Waals surface area (Å²) in [5.41, 5.74) is 0.702. The highest BCUT2D eigenvalue weighted by molar-refractivity contribution is 7.91. The average Bonchev–Trinajstić information content (AvgIpc) is 2.91. The van der Waals surface area contributed by atoms with Crippen molar-refractivity contribution >= 4 is 21.8 Å². The van der Waals surface area contributed by atoms with E-state index < -0.39 is 9.84 Å². The van der Waals surface area contributed by atoms with Crippen molar-refractivity contribution in [3.63, 3.8) is 0 Å². The zero-order valence-electron chi connectivity index (χ0n) is 14.9. The molecule has 0 spiro atoms. The van der Waals surface area contributed by atoms with Crippen molar-refractivity contribution in [3.05, 3.63) is 29.8 Å². The van der Waals surface area contributed by atoms with Crippen LogP contribution in [-0.4, -0.2) is 70.2 Å². The third kappa shape index (κ3) is 4.73. The van der Waals surface area contributed by atoms with Crippen LogP contribution in [0.1, 0.15) is 12.0 Å². The number of hydrazine groups is 1. The summed E-state index contributed by atoms with van der Waals surface area (Å²) in [6.07, 6.45) is 3.51. The average molecular weight is 368 g/mol. The number of benzene rings is 1. The molecule has 1 heterocycles. The van der Waals surface area contributed by atoms with Gasteiger partial charge in [0.2, 0.25) is 0 Å². The standard InChI is InChI=1S/C17H24N2O5S/c1-18(2)19(14-9-10-25(21,22)12-14)17(20)8-5-13-11-15(23-3)6-7-16(13)24-4/h5-8,11,14H,9-10,12H2,1-4H3/b8-5+/t14-/m1/s1. The fourth-order valence-corrected chi connectivity index (χ4v) is 4.57. The number of carbonyl (C=O) groups is 1. The molecule has 138 valence electrons. The van der Waals surface area contributed by atoms with E-state index in [9.17, 15) is 13.2 Å². The van der Waals surface area contributed by atoms with Crippen LogP contribution in [0.4, 0.5) is 0 Å². The van der Waals surface area contributed by atoms with Crippen LogP contribution in [0.3, 0.4) is 0 Å². The Kier molecular flexibility index (Phi) is 6.07. The van der Waals surface area contributed by atoms with E-state index in [0.717, 1.165) is 0 Å². The topological polar surface area (TPSA) is 76.1 Å². The zero-order chi connectivity index (χ0) is 18.6. The Morgan fingerprint density at radius 3 is 2.48 bits per heavy atom. The second-order valence-corrected chi connectivity index (χ2v) is 8.26. The highest BCUT2D eigenvalue weighted by Gasteiger charge is 2.35. The van der Waals surface area contributed by atoms with Gasteiger partial charge in [0, 0.05) is 25.7 Å². The van der Waals surface area contributed by atoms with E-state index in [0.29, 0.717) is 23.5 Å². The normalized spacial score (nSPS) is 19.3. The third-order valence-corrected chi connectivity index (χ3v) is 5.80. The van der Waals surface area contributed by atoms with Gasteiger partial charge in [0.25, 0.3) is 5.91 Å². The number of hydrogen-bond acceptors (Lipinski definition) is 6. The van der Waals surface area contributed by atoms with Crippen LogP contribution in [0.15, 0.2) is 24.3 Å². The molecule has 1 saturated heterocycles. The molecule has 0 aliphatic carbocycles. The summed E-state index contributed by atoms with van der Waals surface area (Å²) < 4.78 is 33.9. The molecule has 2 rings (SSSR count). The first-order valence-electron chi connectivity index (χ1n) is 7.88. The second kappa shape index (κ2) is 7.88. The lowest BCUT2D eigenvalue weighted by molar-refractivity contribution is -0.143. The number of hydrogen-bond donors (Lipinski definition) is 0. The molecule has 1 aliphatic rings. The third-order valence-electron chi connectivity index (χ3n) is 4.05. The smallest absolute Gasteiger partial charge is 0.261 e. The highest BCUT2D eigenvalue weighted by atomic mass is 32.2. The van der Waals surface area contributed by atoms with Crippen molar-refractivity contribution in [2.24, 2.45) is 0 Å². The minimum absolute atomic E-state index is 0.00671. The van der Waals surface area contributed by atoms with Gasteiger partial charge in [-0.05, 0) is 30.7 Å².